The average molecular weight is 447 g/mol. The maximum absolute atomic E-state index is 13.9. The van der Waals surface area contributed by atoms with Crippen LogP contribution in [0.3, 0.4) is 0 Å². The van der Waals surface area contributed by atoms with Crippen LogP contribution in [0.4, 0.5) is 5.69 Å². The number of amides is 2. The molecule has 0 bridgehead atoms. The Bertz CT molecular complexity index is 1130. The predicted octanol–water partition coefficient (Wildman–Crippen LogP) is 3.29. The highest BCUT2D eigenvalue weighted by molar-refractivity contribution is 7.99. The number of anilines is 1. The highest BCUT2D eigenvalue weighted by atomic mass is 32.2. The van der Waals surface area contributed by atoms with E-state index < -0.39 is 42.1 Å². The Balaban J connectivity index is 2.22. The summed E-state index contributed by atoms with van der Waals surface area (Å²) < 4.78 is 45.0. The van der Waals surface area contributed by atoms with Crippen LogP contribution in [0.2, 0.25) is 0 Å². The Kier molecular flexibility index (Phi) is 5.62. The number of thioether (sulfide) groups is 1. The minimum atomic E-state index is -3.03. The zero-order valence-corrected chi connectivity index (χ0v) is 18.4. The van der Waals surface area contributed by atoms with Gasteiger partial charge in [0.05, 0.1) is 23.5 Å². The minimum absolute atomic E-state index is 0.0986. The molecule has 0 fully saturated rings. The average Bonchev–Trinajstić information content (AvgIpc) is 2.92. The van der Waals surface area contributed by atoms with Crippen molar-refractivity contribution >= 4 is 35.2 Å². The number of para-hydroxylation sites is 1. The fraction of sp³-hybridized carbons (Fsp3) is 0.348. The molecule has 0 saturated carbocycles. The van der Waals surface area contributed by atoms with E-state index in [1.807, 2.05) is 0 Å². The van der Waals surface area contributed by atoms with Gasteiger partial charge in [-0.1, -0.05) is 24.3 Å². The van der Waals surface area contributed by atoms with Gasteiger partial charge in [-0.2, -0.15) is 0 Å². The molecule has 0 unspecified atom stereocenters. The standard InChI is InChI=1S/C23H26N2O5S/c1-15(26)24(3)13-14-25-19-7-5-6-8-20(19)31-22(21(23(25)28)30-16(2)27)17-9-11-18(29-4)12-10-17/h5-12,21-22H,13-14H2,1-4H3/t21-,22+/m1/s1/i13D2,14D2. The molecule has 7 nitrogen and oxygen atoms in total. The van der Waals surface area contributed by atoms with Crippen LogP contribution < -0.4 is 9.64 Å². The number of likely N-dealkylation sites (N-methyl/N-ethyl adjacent to an activating group) is 1. The Hall–Kier alpha value is -3.00. The van der Waals surface area contributed by atoms with Gasteiger partial charge in [-0.3, -0.25) is 14.4 Å². The SMILES string of the molecule is [2H]C([2H])(N(C)C(C)=O)C([2H])([2H])N1C(=O)[C@H](OC(C)=O)[C@H](c2ccc(OC)cc2)Sc2ccccc21. The number of rotatable bonds is 6. The van der Waals surface area contributed by atoms with Crippen molar-refractivity contribution in [3.63, 3.8) is 0 Å². The number of hydrogen-bond acceptors (Lipinski definition) is 6. The largest absolute Gasteiger partial charge is 0.497 e. The van der Waals surface area contributed by atoms with E-state index in [2.05, 4.69) is 0 Å². The van der Waals surface area contributed by atoms with E-state index in [-0.39, 0.29) is 5.69 Å². The molecule has 1 aliphatic rings. The van der Waals surface area contributed by atoms with Gasteiger partial charge in [-0.25, -0.2) is 0 Å². The molecule has 1 heterocycles. The molecule has 0 N–H and O–H groups in total. The van der Waals surface area contributed by atoms with Crippen molar-refractivity contribution in [2.75, 3.05) is 32.1 Å². The van der Waals surface area contributed by atoms with Crippen molar-refractivity contribution in [3.8, 4) is 5.75 Å². The summed E-state index contributed by atoms with van der Waals surface area (Å²) >= 11 is 1.19. The van der Waals surface area contributed by atoms with Crippen LogP contribution in [0.25, 0.3) is 0 Å². The van der Waals surface area contributed by atoms with E-state index in [4.69, 9.17) is 15.0 Å². The first-order valence-corrected chi connectivity index (χ1v) is 10.4. The van der Waals surface area contributed by atoms with Gasteiger partial charge in [-0.05, 0) is 29.8 Å². The number of esters is 1. The molecular formula is C23H26N2O5S. The van der Waals surface area contributed by atoms with Crippen LogP contribution >= 0.6 is 11.8 Å². The number of nitrogens with zero attached hydrogens (tertiary/aromatic N) is 2. The van der Waals surface area contributed by atoms with Crippen molar-refractivity contribution < 1.29 is 29.3 Å². The van der Waals surface area contributed by atoms with Gasteiger partial charge >= 0.3 is 5.97 Å². The monoisotopic (exact) mass is 446 g/mol. The first-order chi connectivity index (χ1) is 16.3. The lowest BCUT2D eigenvalue weighted by Crippen LogP contribution is -2.45. The van der Waals surface area contributed by atoms with Gasteiger partial charge in [0.2, 0.25) is 5.91 Å². The van der Waals surface area contributed by atoms with Gasteiger partial charge in [0.25, 0.3) is 5.91 Å². The first-order valence-electron chi connectivity index (χ1n) is 11.5. The molecule has 2 amide bonds. The molecule has 164 valence electrons. The third-order valence-electron chi connectivity index (χ3n) is 4.64. The smallest absolute Gasteiger partial charge is 0.303 e. The van der Waals surface area contributed by atoms with Crippen molar-refractivity contribution in [2.24, 2.45) is 0 Å². The lowest BCUT2D eigenvalue weighted by atomic mass is 10.1. The van der Waals surface area contributed by atoms with Crippen molar-refractivity contribution in [1.82, 2.24) is 4.90 Å². The molecule has 2 aromatic carbocycles. The van der Waals surface area contributed by atoms with Crippen molar-refractivity contribution in [3.05, 3.63) is 54.1 Å². The second-order valence-corrected chi connectivity index (χ2v) is 7.97. The quantitative estimate of drug-likeness (QED) is 0.634. The van der Waals surface area contributed by atoms with E-state index in [0.29, 0.717) is 26.0 Å². The molecule has 0 saturated heterocycles. The molecular weight excluding hydrogens is 416 g/mol. The van der Waals surface area contributed by atoms with Crippen LogP contribution in [0.15, 0.2) is 53.4 Å². The summed E-state index contributed by atoms with van der Waals surface area (Å²) in [4.78, 5) is 39.6. The van der Waals surface area contributed by atoms with Crippen molar-refractivity contribution in [2.45, 2.75) is 30.1 Å². The maximum Gasteiger partial charge on any atom is 0.303 e. The van der Waals surface area contributed by atoms with Crippen LogP contribution in [-0.4, -0.2) is 55.9 Å². The fourth-order valence-electron chi connectivity index (χ4n) is 2.96. The molecule has 2 aromatic rings. The molecule has 0 aromatic heterocycles. The van der Waals surface area contributed by atoms with Crippen LogP contribution in [0.5, 0.6) is 5.75 Å². The Morgan fingerprint density at radius 1 is 1.16 bits per heavy atom. The maximum atomic E-state index is 13.9. The van der Waals surface area contributed by atoms with Gasteiger partial charge in [-0.15, -0.1) is 11.8 Å². The second-order valence-electron chi connectivity index (χ2n) is 6.78. The number of fused-ring (bicyclic) bond motifs is 1. The third kappa shape index (κ3) is 5.19. The lowest BCUT2D eigenvalue weighted by Gasteiger charge is -2.29. The summed E-state index contributed by atoms with van der Waals surface area (Å²) in [6.07, 6.45) is -1.48. The van der Waals surface area contributed by atoms with Crippen LogP contribution in [0.1, 0.15) is 30.1 Å². The minimum Gasteiger partial charge on any atom is -0.497 e. The van der Waals surface area contributed by atoms with Crippen molar-refractivity contribution in [1.29, 1.82) is 0 Å². The topological polar surface area (TPSA) is 76.2 Å². The van der Waals surface area contributed by atoms with Crippen LogP contribution in [-0.2, 0) is 19.1 Å². The molecule has 2 atom stereocenters. The number of benzene rings is 2. The van der Waals surface area contributed by atoms with Gasteiger partial charge in [0, 0.05) is 38.8 Å². The van der Waals surface area contributed by atoms with Crippen LogP contribution in [0, 0.1) is 0 Å². The van der Waals surface area contributed by atoms with E-state index in [1.54, 1.807) is 42.5 Å². The molecule has 0 radical (unpaired) electrons. The van der Waals surface area contributed by atoms with E-state index in [0.717, 1.165) is 20.9 Å². The lowest BCUT2D eigenvalue weighted by molar-refractivity contribution is -0.152. The molecule has 0 spiro atoms. The summed E-state index contributed by atoms with van der Waals surface area (Å²) in [5.41, 5.74) is 0.720. The van der Waals surface area contributed by atoms with E-state index in [9.17, 15) is 14.4 Å². The van der Waals surface area contributed by atoms with Gasteiger partial charge in [0.15, 0.2) is 6.10 Å². The number of methoxy groups -OCH3 is 1. The number of carbonyl (C=O) groups is 3. The Morgan fingerprint density at radius 3 is 2.45 bits per heavy atom. The summed E-state index contributed by atoms with van der Waals surface area (Å²) in [5, 5.41) is -0.768. The Labute approximate surface area is 191 Å². The molecule has 8 heteroatoms. The van der Waals surface area contributed by atoms with Gasteiger partial charge < -0.3 is 19.3 Å². The zero-order chi connectivity index (χ0) is 26.1. The summed E-state index contributed by atoms with van der Waals surface area (Å²) in [7, 11) is 2.63. The van der Waals surface area contributed by atoms with Gasteiger partial charge in [0.1, 0.15) is 5.75 Å². The summed E-state index contributed by atoms with van der Waals surface area (Å²) in [5.74, 6) is -1.85. The first kappa shape index (κ1) is 17.7. The number of hydrogen-bond donors (Lipinski definition) is 0. The van der Waals surface area contributed by atoms with E-state index >= 15 is 0 Å². The third-order valence-corrected chi connectivity index (χ3v) is 6.01. The molecule has 1 aliphatic heterocycles. The zero-order valence-electron chi connectivity index (χ0n) is 21.6. The highest BCUT2D eigenvalue weighted by Gasteiger charge is 2.40. The normalized spacial score (nSPS) is 20.9. The number of ether oxygens (including phenoxy) is 2. The van der Waals surface area contributed by atoms with E-state index in [1.165, 1.54) is 24.9 Å². The molecule has 0 aliphatic carbocycles. The molecule has 3 rings (SSSR count). The second kappa shape index (κ2) is 9.87. The highest BCUT2D eigenvalue weighted by Crippen LogP contribution is 2.46. The Morgan fingerprint density at radius 2 is 1.84 bits per heavy atom. The fourth-order valence-corrected chi connectivity index (χ4v) is 4.26. The summed E-state index contributed by atoms with van der Waals surface area (Å²) in [6.45, 7) is -3.71. The molecule has 31 heavy (non-hydrogen) atoms. The summed E-state index contributed by atoms with van der Waals surface area (Å²) in [6, 6.07) is 13.3. The number of carbonyl (C=O) groups excluding carboxylic acids is 3. The predicted molar refractivity (Wildman–Crippen MR) is 119 cm³/mol.